The van der Waals surface area contributed by atoms with Crippen LogP contribution in [0.3, 0.4) is 0 Å². The molecule has 0 saturated heterocycles. The largest absolute Gasteiger partial charge is 0.493 e. The Labute approximate surface area is 130 Å². The van der Waals surface area contributed by atoms with Gasteiger partial charge in [-0.1, -0.05) is 36.4 Å². The van der Waals surface area contributed by atoms with Crippen LogP contribution in [0.25, 0.3) is 0 Å². The molecule has 22 heavy (non-hydrogen) atoms. The number of benzene rings is 2. The Morgan fingerprint density at radius 2 is 1.91 bits per heavy atom. The van der Waals surface area contributed by atoms with Crippen molar-refractivity contribution in [2.45, 2.75) is 6.42 Å². The number of nitrogens with one attached hydrogen (secondary N) is 1. The maximum absolute atomic E-state index is 11.7. The van der Waals surface area contributed by atoms with Gasteiger partial charge < -0.3 is 10.1 Å². The lowest BCUT2D eigenvalue weighted by Gasteiger charge is -2.15. The summed E-state index contributed by atoms with van der Waals surface area (Å²) in [7, 11) is 2.97. The van der Waals surface area contributed by atoms with Crippen LogP contribution in [-0.2, 0) is 11.3 Å². The van der Waals surface area contributed by atoms with Gasteiger partial charge in [-0.25, -0.2) is 9.86 Å². The quantitative estimate of drug-likeness (QED) is 0.832. The second-order valence-electron chi connectivity index (χ2n) is 4.72. The van der Waals surface area contributed by atoms with Crippen molar-refractivity contribution in [1.29, 1.82) is 0 Å². The van der Waals surface area contributed by atoms with Crippen LogP contribution in [0.4, 0.5) is 10.5 Å². The summed E-state index contributed by atoms with van der Waals surface area (Å²) in [5, 5.41) is 3.84. The smallest absolute Gasteiger partial charge is 0.345 e. The number of hydrogen-bond acceptors (Lipinski definition) is 3. The lowest BCUT2D eigenvalue weighted by molar-refractivity contribution is -0.0598. The highest BCUT2D eigenvalue weighted by Gasteiger charge is 2.08. The van der Waals surface area contributed by atoms with Crippen molar-refractivity contribution in [2.75, 3.05) is 26.1 Å². The third-order valence-electron chi connectivity index (χ3n) is 3.15. The van der Waals surface area contributed by atoms with Crippen LogP contribution in [0.15, 0.2) is 54.6 Å². The first kappa shape index (κ1) is 15.9. The number of hydrogen-bond donors (Lipinski definition) is 1. The number of rotatable bonds is 6. The van der Waals surface area contributed by atoms with E-state index in [9.17, 15) is 4.79 Å². The molecule has 2 rings (SSSR count). The second-order valence-corrected chi connectivity index (χ2v) is 4.72. The molecule has 1 N–H and O–H groups in total. The van der Waals surface area contributed by atoms with Crippen LogP contribution in [0, 0.1) is 0 Å². The number of anilines is 1. The molecule has 0 saturated carbocycles. The minimum absolute atomic E-state index is 0.344. The first-order chi connectivity index (χ1) is 10.7. The van der Waals surface area contributed by atoms with Crippen molar-refractivity contribution >= 4 is 11.7 Å². The molecule has 0 heterocycles. The van der Waals surface area contributed by atoms with E-state index in [1.165, 1.54) is 19.7 Å². The molecule has 0 bridgehead atoms. The third kappa shape index (κ3) is 4.79. The Kier molecular flexibility index (Phi) is 5.80. The molecule has 116 valence electrons. The fourth-order valence-corrected chi connectivity index (χ4v) is 1.88. The van der Waals surface area contributed by atoms with Gasteiger partial charge in [0.1, 0.15) is 5.75 Å². The van der Waals surface area contributed by atoms with E-state index in [0.29, 0.717) is 18.0 Å². The molecule has 2 amide bonds. The van der Waals surface area contributed by atoms with E-state index >= 15 is 0 Å². The molecule has 0 unspecified atom stereocenters. The minimum atomic E-state index is -0.344. The van der Waals surface area contributed by atoms with Crippen molar-refractivity contribution in [2.24, 2.45) is 0 Å². The van der Waals surface area contributed by atoms with Crippen LogP contribution >= 0.6 is 0 Å². The summed E-state index contributed by atoms with van der Waals surface area (Å²) in [6, 6.07) is 17.1. The van der Waals surface area contributed by atoms with E-state index in [-0.39, 0.29) is 6.03 Å². The number of ether oxygens (including phenoxy) is 1. The second kappa shape index (κ2) is 8.05. The molecule has 5 heteroatoms. The maximum atomic E-state index is 11.7. The molecule has 0 spiro atoms. The molecule has 0 fully saturated rings. The molecule has 0 atom stereocenters. The standard InChI is InChI=1S/C17H20N2O3/c1-19(21-2)17(20)18-15-9-6-10-16(13-15)22-12-11-14-7-4-3-5-8-14/h3-10,13H,11-12H2,1-2H3,(H,18,20). The fourth-order valence-electron chi connectivity index (χ4n) is 1.88. The zero-order valence-electron chi connectivity index (χ0n) is 12.8. The van der Waals surface area contributed by atoms with Gasteiger partial charge in [-0.15, -0.1) is 0 Å². The predicted octanol–water partition coefficient (Wildman–Crippen LogP) is 3.33. The zero-order chi connectivity index (χ0) is 15.8. The van der Waals surface area contributed by atoms with E-state index in [1.54, 1.807) is 12.1 Å². The molecule has 0 aliphatic carbocycles. The van der Waals surface area contributed by atoms with Gasteiger partial charge in [0.2, 0.25) is 0 Å². The fraction of sp³-hybridized carbons (Fsp3) is 0.235. The van der Waals surface area contributed by atoms with Gasteiger partial charge in [0.25, 0.3) is 0 Å². The van der Waals surface area contributed by atoms with Crippen LogP contribution in [0.1, 0.15) is 5.56 Å². The number of carbonyl (C=O) groups is 1. The number of urea groups is 1. The van der Waals surface area contributed by atoms with Gasteiger partial charge in [0.15, 0.2) is 0 Å². The van der Waals surface area contributed by atoms with Crippen molar-refractivity contribution in [3.63, 3.8) is 0 Å². The summed E-state index contributed by atoms with van der Waals surface area (Å²) in [6.45, 7) is 0.583. The van der Waals surface area contributed by atoms with Crippen LogP contribution in [0.2, 0.25) is 0 Å². The molecule has 0 aliphatic rings. The van der Waals surface area contributed by atoms with Gasteiger partial charge in [0, 0.05) is 25.2 Å². The highest BCUT2D eigenvalue weighted by molar-refractivity contribution is 5.88. The number of carbonyl (C=O) groups excluding carboxylic acids is 1. The number of nitrogens with zero attached hydrogens (tertiary/aromatic N) is 1. The average Bonchev–Trinajstić information content (AvgIpc) is 2.55. The van der Waals surface area contributed by atoms with Crippen LogP contribution in [-0.4, -0.2) is 31.9 Å². The highest BCUT2D eigenvalue weighted by atomic mass is 16.7. The van der Waals surface area contributed by atoms with Gasteiger partial charge >= 0.3 is 6.03 Å². The summed E-state index contributed by atoms with van der Waals surface area (Å²) >= 11 is 0. The lowest BCUT2D eigenvalue weighted by Crippen LogP contribution is -2.30. The lowest BCUT2D eigenvalue weighted by atomic mass is 10.2. The SMILES string of the molecule is CON(C)C(=O)Nc1cccc(OCCc2ccccc2)c1. The van der Waals surface area contributed by atoms with Crippen molar-refractivity contribution < 1.29 is 14.4 Å². The van der Waals surface area contributed by atoms with E-state index in [1.807, 2.05) is 30.3 Å². The number of hydroxylamine groups is 2. The summed E-state index contributed by atoms with van der Waals surface area (Å²) in [4.78, 5) is 16.5. The molecule has 0 aromatic heterocycles. The Morgan fingerprint density at radius 3 is 2.64 bits per heavy atom. The molecular formula is C17H20N2O3. The minimum Gasteiger partial charge on any atom is -0.493 e. The summed E-state index contributed by atoms with van der Waals surface area (Å²) in [5.41, 5.74) is 1.89. The molecular weight excluding hydrogens is 280 g/mol. The highest BCUT2D eigenvalue weighted by Crippen LogP contribution is 2.18. The van der Waals surface area contributed by atoms with Crippen molar-refractivity contribution in [3.8, 4) is 5.75 Å². The van der Waals surface area contributed by atoms with Gasteiger partial charge in [-0.3, -0.25) is 4.84 Å². The van der Waals surface area contributed by atoms with Gasteiger partial charge in [0.05, 0.1) is 13.7 Å². The predicted molar refractivity (Wildman–Crippen MR) is 85.9 cm³/mol. The number of amides is 2. The monoisotopic (exact) mass is 300 g/mol. The van der Waals surface area contributed by atoms with Gasteiger partial charge in [-0.05, 0) is 17.7 Å². The van der Waals surface area contributed by atoms with Crippen molar-refractivity contribution in [1.82, 2.24) is 5.06 Å². The van der Waals surface area contributed by atoms with Crippen LogP contribution < -0.4 is 10.1 Å². The van der Waals surface area contributed by atoms with E-state index < -0.39 is 0 Å². The average molecular weight is 300 g/mol. The summed E-state index contributed by atoms with van der Waals surface area (Å²) in [6.07, 6.45) is 0.837. The normalized spacial score (nSPS) is 10.1. The van der Waals surface area contributed by atoms with E-state index in [4.69, 9.17) is 9.57 Å². The molecule has 2 aromatic rings. The Morgan fingerprint density at radius 1 is 1.14 bits per heavy atom. The van der Waals surface area contributed by atoms with Gasteiger partial charge in [-0.2, -0.15) is 0 Å². The molecule has 0 aliphatic heterocycles. The topological polar surface area (TPSA) is 50.8 Å². The zero-order valence-corrected chi connectivity index (χ0v) is 12.8. The first-order valence-electron chi connectivity index (χ1n) is 7.04. The Bertz CT molecular complexity index is 602. The molecule has 2 aromatic carbocycles. The third-order valence-corrected chi connectivity index (χ3v) is 3.15. The Hall–Kier alpha value is -2.53. The van der Waals surface area contributed by atoms with Crippen molar-refractivity contribution in [3.05, 3.63) is 60.2 Å². The van der Waals surface area contributed by atoms with Crippen LogP contribution in [0.5, 0.6) is 5.75 Å². The van der Waals surface area contributed by atoms with E-state index in [0.717, 1.165) is 11.5 Å². The summed E-state index contributed by atoms with van der Waals surface area (Å²) < 4.78 is 5.72. The maximum Gasteiger partial charge on any atom is 0.345 e. The van der Waals surface area contributed by atoms with E-state index in [2.05, 4.69) is 17.4 Å². The summed E-state index contributed by atoms with van der Waals surface area (Å²) in [5.74, 6) is 0.716. The molecule has 0 radical (unpaired) electrons. The molecule has 5 nitrogen and oxygen atoms in total. The first-order valence-corrected chi connectivity index (χ1v) is 7.04. The Balaban J connectivity index is 1.87.